The third-order valence-electron chi connectivity index (χ3n) is 8.58. The number of hydrogen-bond donors (Lipinski definition) is 3. The lowest BCUT2D eigenvalue weighted by atomic mass is 9.89. The van der Waals surface area contributed by atoms with E-state index in [0.717, 1.165) is 53.0 Å². The van der Waals surface area contributed by atoms with Crippen LogP contribution >= 0.6 is 0 Å². The Morgan fingerprint density at radius 1 is 0.889 bits per heavy atom. The molecule has 3 aromatic carbocycles. The van der Waals surface area contributed by atoms with E-state index in [0.29, 0.717) is 6.54 Å². The fourth-order valence-corrected chi connectivity index (χ4v) is 6.06. The molecule has 0 bridgehead atoms. The van der Waals surface area contributed by atoms with Gasteiger partial charge < -0.3 is 34.9 Å². The molecule has 2 amide bonds. The van der Waals surface area contributed by atoms with Crippen LogP contribution < -0.4 is 10.6 Å². The number of benzene rings is 3. The van der Waals surface area contributed by atoms with Crippen molar-refractivity contribution >= 4 is 12.0 Å². The smallest absolute Gasteiger partial charge is 0.325 e. The van der Waals surface area contributed by atoms with Crippen LogP contribution in [0.4, 0.5) is 4.79 Å². The van der Waals surface area contributed by atoms with E-state index in [2.05, 4.69) is 46.7 Å². The van der Waals surface area contributed by atoms with Crippen molar-refractivity contribution in [2.75, 3.05) is 32.8 Å². The molecular formula is C36H45N3O6. The summed E-state index contributed by atoms with van der Waals surface area (Å²) in [6, 6.07) is 23.8. The van der Waals surface area contributed by atoms with Crippen molar-refractivity contribution in [2.24, 2.45) is 5.92 Å². The number of hydrogen-bond acceptors (Lipinski definition) is 7. The Balaban J connectivity index is 1.31. The number of rotatable bonds is 11. The van der Waals surface area contributed by atoms with Gasteiger partial charge in [-0.3, -0.25) is 4.79 Å². The van der Waals surface area contributed by atoms with Gasteiger partial charge in [-0.1, -0.05) is 74.0 Å². The number of aliphatic hydroxyl groups is 1. The molecular weight excluding hydrogens is 570 g/mol. The van der Waals surface area contributed by atoms with Crippen LogP contribution in [0, 0.1) is 5.92 Å². The fourth-order valence-electron chi connectivity index (χ4n) is 6.06. The topological polar surface area (TPSA) is 109 Å². The second-order valence-corrected chi connectivity index (χ2v) is 11.9. The Morgan fingerprint density at radius 3 is 2.36 bits per heavy atom. The maximum Gasteiger partial charge on any atom is 0.325 e. The number of ether oxygens (including phenoxy) is 3. The molecule has 2 heterocycles. The molecule has 0 radical (unpaired) electrons. The summed E-state index contributed by atoms with van der Waals surface area (Å²) in [4.78, 5) is 26.2. The molecule has 45 heavy (non-hydrogen) atoms. The van der Waals surface area contributed by atoms with Crippen LogP contribution in [0.1, 0.15) is 67.8 Å². The first-order valence-corrected chi connectivity index (χ1v) is 16.0. The molecule has 3 N–H and O–H groups in total. The molecule has 2 aliphatic rings. The Kier molecular flexibility index (Phi) is 11.6. The first-order valence-electron chi connectivity index (χ1n) is 16.0. The summed E-state index contributed by atoms with van der Waals surface area (Å²) >= 11 is 0. The minimum atomic E-state index is -0.536. The number of carbonyl (C=O) groups is 2. The number of amides is 2. The number of urea groups is 1. The Hall–Kier alpha value is -3.76. The largest absolute Gasteiger partial charge is 0.465 e. The summed E-state index contributed by atoms with van der Waals surface area (Å²) < 4.78 is 18.3. The summed E-state index contributed by atoms with van der Waals surface area (Å²) in [6.45, 7) is 7.42. The monoisotopic (exact) mass is 615 g/mol. The zero-order valence-electron chi connectivity index (χ0n) is 26.2. The van der Waals surface area contributed by atoms with Gasteiger partial charge in [-0.15, -0.1) is 0 Å². The summed E-state index contributed by atoms with van der Waals surface area (Å²) in [5.41, 5.74) is 5.86. The SMILES string of the molecule is CCOC(=O)CNC(=O)NCc1cccc(-c2cccc([C@@H]3O[C@H](CN4CCCCC4)[C@H](C)[C@H](c4ccc(CO)cc4)O3)c2)c1. The Labute approximate surface area is 265 Å². The number of esters is 1. The lowest BCUT2D eigenvalue weighted by molar-refractivity contribution is -0.276. The van der Waals surface area contributed by atoms with E-state index in [9.17, 15) is 14.7 Å². The molecule has 9 heteroatoms. The first kappa shape index (κ1) is 32.6. The third kappa shape index (κ3) is 8.92. The van der Waals surface area contributed by atoms with E-state index in [4.69, 9.17) is 14.2 Å². The van der Waals surface area contributed by atoms with E-state index in [1.54, 1.807) is 6.92 Å². The van der Waals surface area contributed by atoms with Crippen LogP contribution in [0.5, 0.6) is 0 Å². The maximum atomic E-state index is 12.2. The van der Waals surface area contributed by atoms with Gasteiger partial charge in [0.2, 0.25) is 0 Å². The van der Waals surface area contributed by atoms with Gasteiger partial charge in [-0.05, 0) is 72.8 Å². The fraction of sp³-hybridized carbons (Fsp3) is 0.444. The Morgan fingerprint density at radius 2 is 1.62 bits per heavy atom. The van der Waals surface area contributed by atoms with Gasteiger partial charge in [-0.2, -0.15) is 0 Å². The first-order chi connectivity index (χ1) is 21.9. The summed E-state index contributed by atoms with van der Waals surface area (Å²) in [7, 11) is 0. The molecule has 0 spiro atoms. The quantitative estimate of drug-likeness (QED) is 0.245. The maximum absolute atomic E-state index is 12.2. The predicted molar refractivity (Wildman–Crippen MR) is 172 cm³/mol. The van der Waals surface area contributed by atoms with Crippen LogP contribution in [0.25, 0.3) is 11.1 Å². The number of nitrogens with zero attached hydrogens (tertiary/aromatic N) is 1. The predicted octanol–water partition coefficient (Wildman–Crippen LogP) is 5.49. The highest BCUT2D eigenvalue weighted by Gasteiger charge is 2.39. The van der Waals surface area contributed by atoms with Crippen molar-refractivity contribution in [1.29, 1.82) is 0 Å². The van der Waals surface area contributed by atoms with Crippen LogP contribution in [-0.4, -0.2) is 60.9 Å². The molecule has 4 atom stereocenters. The summed E-state index contributed by atoms with van der Waals surface area (Å²) in [5, 5.41) is 14.9. The van der Waals surface area contributed by atoms with Crippen molar-refractivity contribution in [3.8, 4) is 11.1 Å². The molecule has 240 valence electrons. The molecule has 0 aliphatic carbocycles. The van der Waals surface area contributed by atoms with Crippen molar-refractivity contribution in [1.82, 2.24) is 15.5 Å². The van der Waals surface area contributed by atoms with E-state index in [1.165, 1.54) is 19.3 Å². The molecule has 3 aromatic rings. The van der Waals surface area contributed by atoms with Crippen LogP contribution in [0.2, 0.25) is 0 Å². The molecule has 0 unspecified atom stereocenters. The molecule has 2 aliphatic heterocycles. The summed E-state index contributed by atoms with van der Waals surface area (Å²) in [5.74, 6) is -0.330. The molecule has 2 saturated heterocycles. The van der Waals surface area contributed by atoms with Crippen molar-refractivity contribution in [3.05, 3.63) is 95.1 Å². The average molecular weight is 616 g/mol. The second-order valence-electron chi connectivity index (χ2n) is 11.9. The van der Waals surface area contributed by atoms with Gasteiger partial charge in [0, 0.05) is 24.6 Å². The highest BCUT2D eigenvalue weighted by atomic mass is 16.7. The molecule has 9 nitrogen and oxygen atoms in total. The highest BCUT2D eigenvalue weighted by molar-refractivity contribution is 5.80. The second kappa shape index (κ2) is 16.0. The molecule has 5 rings (SSSR count). The normalized spacial score (nSPS) is 22.0. The lowest BCUT2D eigenvalue weighted by Gasteiger charge is -2.43. The number of piperidine rings is 1. The van der Waals surface area contributed by atoms with Crippen molar-refractivity contribution in [2.45, 2.75) is 64.8 Å². The Bertz CT molecular complexity index is 1410. The van der Waals surface area contributed by atoms with E-state index < -0.39 is 18.3 Å². The minimum absolute atomic E-state index is 0.00241. The number of aliphatic hydroxyl groups excluding tert-OH is 1. The van der Waals surface area contributed by atoms with Crippen molar-refractivity contribution < 1.29 is 28.9 Å². The van der Waals surface area contributed by atoms with Gasteiger partial charge >= 0.3 is 12.0 Å². The highest BCUT2D eigenvalue weighted by Crippen LogP contribution is 2.42. The van der Waals surface area contributed by atoms with Gasteiger partial charge in [0.25, 0.3) is 0 Å². The van der Waals surface area contributed by atoms with Gasteiger partial charge in [0.1, 0.15) is 6.54 Å². The number of carbonyl (C=O) groups excluding carboxylic acids is 2. The van der Waals surface area contributed by atoms with Crippen molar-refractivity contribution in [3.63, 3.8) is 0 Å². The average Bonchev–Trinajstić information content (AvgIpc) is 3.08. The van der Waals surface area contributed by atoms with Gasteiger partial charge in [0.15, 0.2) is 6.29 Å². The number of likely N-dealkylation sites (tertiary alicyclic amines) is 1. The van der Waals surface area contributed by atoms with Crippen LogP contribution in [-0.2, 0) is 32.2 Å². The molecule has 0 saturated carbocycles. The molecule has 2 fully saturated rings. The van der Waals surface area contributed by atoms with E-state index in [1.807, 2.05) is 48.5 Å². The van der Waals surface area contributed by atoms with E-state index in [-0.39, 0.29) is 37.9 Å². The van der Waals surface area contributed by atoms with Gasteiger partial charge in [-0.25, -0.2) is 4.79 Å². The zero-order valence-corrected chi connectivity index (χ0v) is 26.2. The van der Waals surface area contributed by atoms with Crippen LogP contribution in [0.3, 0.4) is 0 Å². The third-order valence-corrected chi connectivity index (χ3v) is 8.58. The molecule has 0 aromatic heterocycles. The zero-order chi connectivity index (χ0) is 31.6. The minimum Gasteiger partial charge on any atom is -0.465 e. The van der Waals surface area contributed by atoms with Gasteiger partial charge in [0.05, 0.1) is 25.4 Å². The summed E-state index contributed by atoms with van der Waals surface area (Å²) in [6.07, 6.45) is 3.04. The standard InChI is InChI=1S/C36H45N3O6/c1-3-43-33(41)22-38-36(42)37-21-27-9-7-10-29(19-27)30-11-8-12-31(20-30)35-44-32(23-39-17-5-4-6-18-39)25(2)34(45-35)28-15-13-26(24-40)14-16-28/h7-16,19-20,25,32,34-35,40H,3-6,17-18,21-24H2,1-2H3,(H2,37,38,42)/t25-,32+,34+,35+/m0/s1. The van der Waals surface area contributed by atoms with Crippen LogP contribution in [0.15, 0.2) is 72.8 Å². The number of nitrogens with one attached hydrogen (secondary N) is 2. The van der Waals surface area contributed by atoms with E-state index >= 15 is 0 Å². The lowest BCUT2D eigenvalue weighted by Crippen LogP contribution is -2.45.